The standard InChI is InChI=1S/C13H8BrCl2N3S/c14-7-3-4-20-12(7)11-10(13(17)19-18-11)6-1-2-8(15)9(16)5-6/h1-5H,(H3,17,18,19). The molecule has 0 unspecified atom stereocenters. The second kappa shape index (κ2) is 5.41. The fraction of sp³-hybridized carbons (Fsp3) is 0. The molecule has 3 nitrogen and oxygen atoms in total. The van der Waals surface area contributed by atoms with Crippen molar-refractivity contribution < 1.29 is 0 Å². The third-order valence-corrected chi connectivity index (χ3v) is 5.44. The average molecular weight is 389 g/mol. The first-order chi connectivity index (χ1) is 9.58. The van der Waals surface area contributed by atoms with Gasteiger partial charge in [0.15, 0.2) is 5.82 Å². The summed E-state index contributed by atoms with van der Waals surface area (Å²) in [6.07, 6.45) is 0. The molecule has 0 amide bonds. The molecule has 0 radical (unpaired) electrons. The summed E-state index contributed by atoms with van der Waals surface area (Å²) >= 11 is 17.2. The van der Waals surface area contributed by atoms with E-state index in [1.807, 2.05) is 17.5 Å². The summed E-state index contributed by atoms with van der Waals surface area (Å²) < 4.78 is 0.993. The number of benzene rings is 1. The van der Waals surface area contributed by atoms with Gasteiger partial charge in [0.1, 0.15) is 0 Å². The van der Waals surface area contributed by atoms with E-state index in [1.165, 1.54) is 0 Å². The van der Waals surface area contributed by atoms with E-state index in [0.29, 0.717) is 15.9 Å². The zero-order chi connectivity index (χ0) is 14.3. The molecule has 0 aliphatic heterocycles. The second-order valence-corrected chi connectivity index (χ2v) is 6.67. The van der Waals surface area contributed by atoms with Gasteiger partial charge >= 0.3 is 0 Å². The van der Waals surface area contributed by atoms with Gasteiger partial charge in [-0.2, -0.15) is 5.10 Å². The van der Waals surface area contributed by atoms with Crippen LogP contribution in [-0.2, 0) is 0 Å². The fourth-order valence-corrected chi connectivity index (χ4v) is 3.81. The average Bonchev–Trinajstić information content (AvgIpc) is 2.99. The van der Waals surface area contributed by atoms with Gasteiger partial charge in [0.2, 0.25) is 0 Å². The van der Waals surface area contributed by atoms with Crippen LogP contribution >= 0.6 is 50.5 Å². The minimum atomic E-state index is 0.429. The van der Waals surface area contributed by atoms with Gasteiger partial charge in [-0.1, -0.05) is 29.3 Å². The molecule has 3 aromatic rings. The van der Waals surface area contributed by atoms with Crippen LogP contribution in [0.4, 0.5) is 5.82 Å². The van der Waals surface area contributed by atoms with Crippen molar-refractivity contribution in [2.45, 2.75) is 0 Å². The minimum absolute atomic E-state index is 0.429. The number of nitrogen functional groups attached to an aromatic ring is 1. The van der Waals surface area contributed by atoms with E-state index in [1.54, 1.807) is 23.5 Å². The highest BCUT2D eigenvalue weighted by Gasteiger charge is 2.18. The van der Waals surface area contributed by atoms with Crippen molar-refractivity contribution in [3.05, 3.63) is 44.2 Å². The van der Waals surface area contributed by atoms with Gasteiger partial charge in [0.25, 0.3) is 0 Å². The lowest BCUT2D eigenvalue weighted by Crippen LogP contribution is -1.88. The number of aromatic nitrogens is 2. The largest absolute Gasteiger partial charge is 0.382 e. The molecule has 0 aliphatic rings. The van der Waals surface area contributed by atoms with Crippen LogP contribution in [0, 0.1) is 0 Å². The van der Waals surface area contributed by atoms with E-state index >= 15 is 0 Å². The molecule has 0 bridgehead atoms. The minimum Gasteiger partial charge on any atom is -0.382 e. The third-order valence-electron chi connectivity index (χ3n) is 2.85. The summed E-state index contributed by atoms with van der Waals surface area (Å²) in [5.74, 6) is 0.429. The van der Waals surface area contributed by atoms with Gasteiger partial charge in [0.05, 0.1) is 26.2 Å². The summed E-state index contributed by atoms with van der Waals surface area (Å²) in [5, 5.41) is 10.1. The van der Waals surface area contributed by atoms with Crippen LogP contribution in [0.25, 0.3) is 21.7 Å². The van der Waals surface area contributed by atoms with E-state index in [9.17, 15) is 0 Å². The summed E-state index contributed by atoms with van der Waals surface area (Å²) in [6.45, 7) is 0. The molecular formula is C13H8BrCl2N3S. The summed E-state index contributed by atoms with van der Waals surface area (Å²) in [5.41, 5.74) is 8.55. The Morgan fingerprint density at radius 3 is 2.65 bits per heavy atom. The summed E-state index contributed by atoms with van der Waals surface area (Å²) in [7, 11) is 0. The number of hydrogen-bond donors (Lipinski definition) is 2. The van der Waals surface area contributed by atoms with E-state index in [4.69, 9.17) is 28.9 Å². The topological polar surface area (TPSA) is 54.7 Å². The molecule has 0 saturated heterocycles. The monoisotopic (exact) mass is 387 g/mol. The van der Waals surface area contributed by atoms with E-state index in [-0.39, 0.29) is 0 Å². The molecule has 102 valence electrons. The number of nitrogens with one attached hydrogen (secondary N) is 1. The number of nitrogens with zero attached hydrogens (tertiary/aromatic N) is 1. The SMILES string of the molecule is Nc1n[nH]c(-c2sccc2Br)c1-c1ccc(Cl)c(Cl)c1. The molecule has 0 fully saturated rings. The Morgan fingerprint density at radius 1 is 1.20 bits per heavy atom. The number of anilines is 1. The molecule has 1 aromatic carbocycles. The van der Waals surface area contributed by atoms with Crippen LogP contribution in [0.15, 0.2) is 34.1 Å². The number of thiophene rings is 1. The highest BCUT2D eigenvalue weighted by atomic mass is 79.9. The van der Waals surface area contributed by atoms with Crippen molar-refractivity contribution in [1.82, 2.24) is 10.2 Å². The Bertz CT molecular complexity index is 782. The lowest BCUT2D eigenvalue weighted by molar-refractivity contribution is 1.10. The number of halogens is 3. The van der Waals surface area contributed by atoms with Gasteiger partial charge in [-0.25, -0.2) is 0 Å². The molecule has 2 aromatic heterocycles. The maximum absolute atomic E-state index is 6.08. The number of rotatable bonds is 2. The molecule has 20 heavy (non-hydrogen) atoms. The van der Waals surface area contributed by atoms with Crippen molar-refractivity contribution in [2.24, 2.45) is 0 Å². The molecule has 3 N–H and O–H groups in total. The zero-order valence-electron chi connectivity index (χ0n) is 9.95. The number of aromatic amines is 1. The van der Waals surface area contributed by atoms with Crippen molar-refractivity contribution >= 4 is 56.3 Å². The first-order valence-electron chi connectivity index (χ1n) is 5.60. The van der Waals surface area contributed by atoms with Crippen LogP contribution in [0.3, 0.4) is 0 Å². The molecule has 0 spiro atoms. The van der Waals surface area contributed by atoms with Crippen molar-refractivity contribution in [1.29, 1.82) is 0 Å². The Labute approximate surface area is 137 Å². The predicted octanol–water partition coefficient (Wildman–Crippen LogP) is 5.46. The predicted molar refractivity (Wildman–Crippen MR) is 89.5 cm³/mol. The molecule has 3 rings (SSSR count). The molecule has 2 heterocycles. The van der Waals surface area contributed by atoms with Gasteiger partial charge in [-0.3, -0.25) is 5.10 Å². The van der Waals surface area contributed by atoms with E-state index < -0.39 is 0 Å². The lowest BCUT2D eigenvalue weighted by Gasteiger charge is -2.05. The van der Waals surface area contributed by atoms with Gasteiger partial charge < -0.3 is 5.73 Å². The Hall–Kier alpha value is -1.01. The van der Waals surface area contributed by atoms with Crippen LogP contribution in [0.1, 0.15) is 0 Å². The molecule has 0 aliphatic carbocycles. The quantitative estimate of drug-likeness (QED) is 0.612. The number of H-pyrrole nitrogens is 1. The normalized spacial score (nSPS) is 10.9. The first kappa shape index (κ1) is 13.9. The Balaban J connectivity index is 2.21. The Morgan fingerprint density at radius 2 is 2.00 bits per heavy atom. The second-order valence-electron chi connectivity index (χ2n) is 4.09. The van der Waals surface area contributed by atoms with Crippen molar-refractivity contribution in [3.63, 3.8) is 0 Å². The van der Waals surface area contributed by atoms with E-state index in [0.717, 1.165) is 26.2 Å². The first-order valence-corrected chi connectivity index (χ1v) is 8.03. The van der Waals surface area contributed by atoms with E-state index in [2.05, 4.69) is 26.1 Å². The van der Waals surface area contributed by atoms with Crippen LogP contribution in [0.5, 0.6) is 0 Å². The van der Waals surface area contributed by atoms with Crippen molar-refractivity contribution in [2.75, 3.05) is 5.73 Å². The lowest BCUT2D eigenvalue weighted by atomic mass is 10.0. The number of hydrogen-bond acceptors (Lipinski definition) is 3. The molecule has 0 atom stereocenters. The third kappa shape index (κ3) is 2.35. The zero-order valence-corrected chi connectivity index (χ0v) is 13.9. The molecule has 7 heteroatoms. The van der Waals surface area contributed by atoms with Gasteiger partial charge in [-0.05, 0) is 45.1 Å². The number of nitrogens with two attached hydrogens (primary N) is 1. The Kier molecular flexibility index (Phi) is 3.77. The maximum Gasteiger partial charge on any atom is 0.153 e. The fourth-order valence-electron chi connectivity index (χ4n) is 1.94. The van der Waals surface area contributed by atoms with Crippen molar-refractivity contribution in [3.8, 4) is 21.7 Å². The maximum atomic E-state index is 6.08. The summed E-state index contributed by atoms with van der Waals surface area (Å²) in [6, 6.07) is 7.39. The highest BCUT2D eigenvalue weighted by Crippen LogP contribution is 2.41. The van der Waals surface area contributed by atoms with Gasteiger partial charge in [0, 0.05) is 4.47 Å². The highest BCUT2D eigenvalue weighted by molar-refractivity contribution is 9.10. The summed E-state index contributed by atoms with van der Waals surface area (Å²) in [4.78, 5) is 1.04. The van der Waals surface area contributed by atoms with Crippen LogP contribution in [0.2, 0.25) is 10.0 Å². The van der Waals surface area contributed by atoms with Crippen LogP contribution in [-0.4, -0.2) is 10.2 Å². The molecule has 0 saturated carbocycles. The van der Waals surface area contributed by atoms with Crippen LogP contribution < -0.4 is 5.73 Å². The molecular weight excluding hydrogens is 381 g/mol. The van der Waals surface area contributed by atoms with Gasteiger partial charge in [-0.15, -0.1) is 11.3 Å². The smallest absolute Gasteiger partial charge is 0.153 e.